The molecule has 2 aliphatic heterocycles. The van der Waals surface area contributed by atoms with Crippen molar-refractivity contribution < 1.29 is 31.7 Å². The van der Waals surface area contributed by atoms with Crippen molar-refractivity contribution in [1.29, 1.82) is 0 Å². The normalized spacial score (nSPS) is 22.4. The fraction of sp³-hybridized carbons (Fsp3) is 0.444. The molecular weight excluding hydrogens is 386 g/mol. The predicted molar refractivity (Wildman–Crippen MR) is 102 cm³/mol. The number of ether oxygens (including phenoxy) is 1. The lowest BCUT2D eigenvalue weighted by molar-refractivity contribution is -0.726. The molecule has 0 radical (unpaired) electrons. The lowest BCUT2D eigenvalue weighted by Crippen LogP contribution is -2.66. The standard InChI is InChI=1S/C18H23N3O6S/c1-20-8-10-21(11-9-20,18(24)19-15-5-3-2-4-6-15)28(25,26)12-7-14-13-16(22)27-17(14)23/h2-6,13,17,23H,7-12H2,1H3/p+1. The molecule has 0 aliphatic carbocycles. The number of hydrogen-bond acceptors (Lipinski definition) is 7. The highest BCUT2D eigenvalue weighted by Crippen LogP contribution is 2.26. The van der Waals surface area contributed by atoms with Crippen LogP contribution in [0.3, 0.4) is 0 Å². The van der Waals surface area contributed by atoms with Crippen LogP contribution in [0.1, 0.15) is 6.42 Å². The smallest absolute Gasteiger partial charge is 0.429 e. The van der Waals surface area contributed by atoms with Crippen LogP contribution < -0.4 is 5.32 Å². The molecule has 1 aromatic carbocycles. The van der Waals surface area contributed by atoms with Crippen LogP contribution in [-0.4, -0.2) is 79.6 Å². The van der Waals surface area contributed by atoms with Crippen LogP contribution in [-0.2, 0) is 19.6 Å². The van der Waals surface area contributed by atoms with Gasteiger partial charge in [-0.15, -0.1) is 3.89 Å². The van der Waals surface area contributed by atoms with Crippen LogP contribution in [0.4, 0.5) is 10.5 Å². The summed E-state index contributed by atoms with van der Waals surface area (Å²) in [4.78, 5) is 26.3. The molecule has 1 fully saturated rings. The van der Waals surface area contributed by atoms with Crippen molar-refractivity contribution in [1.82, 2.24) is 4.90 Å². The van der Waals surface area contributed by atoms with Crippen LogP contribution in [0, 0.1) is 0 Å². The Kier molecular flexibility index (Phi) is 5.84. The second-order valence-electron chi connectivity index (χ2n) is 6.98. The molecule has 9 nitrogen and oxygen atoms in total. The first-order valence-electron chi connectivity index (χ1n) is 8.98. The highest BCUT2D eigenvalue weighted by Gasteiger charge is 2.51. The number of cyclic esters (lactones) is 1. The molecule has 0 bridgehead atoms. The third-order valence-electron chi connectivity index (χ3n) is 5.11. The van der Waals surface area contributed by atoms with E-state index in [1.165, 1.54) is 0 Å². The number of urea groups is 1. The molecule has 2 amide bonds. The van der Waals surface area contributed by atoms with Crippen LogP contribution >= 0.6 is 0 Å². The lowest BCUT2D eigenvalue weighted by atomic mass is 10.2. The number of para-hydroxylation sites is 1. The number of rotatable bonds is 5. The number of aliphatic hydroxyl groups is 1. The van der Waals surface area contributed by atoms with Gasteiger partial charge in [-0.25, -0.2) is 9.59 Å². The van der Waals surface area contributed by atoms with Gasteiger partial charge >= 0.3 is 22.0 Å². The minimum atomic E-state index is -3.94. The van der Waals surface area contributed by atoms with Crippen molar-refractivity contribution in [2.24, 2.45) is 0 Å². The summed E-state index contributed by atoms with van der Waals surface area (Å²) in [5.41, 5.74) is 0.719. The molecule has 10 heteroatoms. The lowest BCUT2D eigenvalue weighted by Gasteiger charge is -2.39. The summed E-state index contributed by atoms with van der Waals surface area (Å²) in [5, 5.41) is 12.4. The molecule has 2 aliphatic rings. The Morgan fingerprint density at radius 1 is 1.29 bits per heavy atom. The molecular formula is C18H24N3O6S+. The molecule has 28 heavy (non-hydrogen) atoms. The van der Waals surface area contributed by atoms with Crippen LogP contribution in [0.15, 0.2) is 42.0 Å². The minimum absolute atomic E-state index is 0.0797. The SMILES string of the molecule is CN1CC[N+](C(=O)Nc2ccccc2)(S(=O)(=O)CCC2=CC(=O)OC2O)CC1. The number of carbonyl (C=O) groups is 2. The Morgan fingerprint density at radius 2 is 1.93 bits per heavy atom. The Hall–Kier alpha value is -2.27. The van der Waals surface area contributed by atoms with Gasteiger partial charge in [-0.3, -0.25) is 10.2 Å². The van der Waals surface area contributed by atoms with Gasteiger partial charge < -0.3 is 9.84 Å². The van der Waals surface area contributed by atoms with E-state index in [1.54, 1.807) is 30.3 Å². The van der Waals surface area contributed by atoms with Gasteiger partial charge in [-0.2, -0.15) is 8.42 Å². The monoisotopic (exact) mass is 410 g/mol. The molecule has 0 aromatic heterocycles. The van der Waals surface area contributed by atoms with E-state index < -0.39 is 32.2 Å². The molecule has 1 aromatic rings. The van der Waals surface area contributed by atoms with Crippen molar-refractivity contribution in [3.8, 4) is 0 Å². The number of hydrogen-bond donors (Lipinski definition) is 2. The maximum atomic E-state index is 13.2. The maximum absolute atomic E-state index is 13.2. The topological polar surface area (TPSA) is 113 Å². The van der Waals surface area contributed by atoms with Crippen molar-refractivity contribution in [3.05, 3.63) is 42.0 Å². The number of anilines is 1. The van der Waals surface area contributed by atoms with Crippen LogP contribution in [0.25, 0.3) is 0 Å². The molecule has 1 unspecified atom stereocenters. The number of piperazine rings is 1. The number of aliphatic hydroxyl groups excluding tert-OH is 1. The predicted octanol–water partition coefficient (Wildman–Crippen LogP) is 0.502. The van der Waals surface area contributed by atoms with E-state index in [-0.39, 0.29) is 30.8 Å². The Labute approximate surface area is 163 Å². The van der Waals surface area contributed by atoms with E-state index in [0.29, 0.717) is 18.8 Å². The second kappa shape index (κ2) is 8.00. The first-order valence-corrected chi connectivity index (χ1v) is 10.6. The Morgan fingerprint density at radius 3 is 2.50 bits per heavy atom. The third-order valence-corrected chi connectivity index (χ3v) is 7.43. The zero-order valence-electron chi connectivity index (χ0n) is 15.6. The summed E-state index contributed by atoms with van der Waals surface area (Å²) in [6.45, 7) is 1.14. The number of nitrogens with one attached hydrogen (secondary N) is 1. The molecule has 3 rings (SSSR count). The average molecular weight is 410 g/mol. The van der Waals surface area contributed by atoms with E-state index >= 15 is 0 Å². The molecule has 2 heterocycles. The van der Waals surface area contributed by atoms with Crippen molar-refractivity contribution in [3.63, 3.8) is 0 Å². The van der Waals surface area contributed by atoms with E-state index in [0.717, 1.165) is 6.08 Å². The third kappa shape index (κ3) is 4.09. The first-order chi connectivity index (χ1) is 13.2. The fourth-order valence-corrected chi connectivity index (χ4v) is 5.16. The number of carbonyl (C=O) groups excluding carboxylic acids is 2. The number of nitrogens with zero attached hydrogens (tertiary/aromatic N) is 2. The summed E-state index contributed by atoms with van der Waals surface area (Å²) in [6.07, 6.45) is -0.413. The van der Waals surface area contributed by atoms with Gasteiger partial charge in [0.15, 0.2) is 0 Å². The molecule has 152 valence electrons. The highest BCUT2D eigenvalue weighted by atomic mass is 32.2. The number of benzene rings is 1. The van der Waals surface area contributed by atoms with E-state index in [2.05, 4.69) is 10.1 Å². The number of quaternary nitrogens is 1. The molecule has 0 saturated carbocycles. The second-order valence-corrected chi connectivity index (χ2v) is 9.25. The summed E-state index contributed by atoms with van der Waals surface area (Å²) in [7, 11) is -2.06. The van der Waals surface area contributed by atoms with Crippen molar-refractivity contribution >= 4 is 27.7 Å². The van der Waals surface area contributed by atoms with Crippen LogP contribution in [0.5, 0.6) is 0 Å². The quantitative estimate of drug-likeness (QED) is 0.537. The fourth-order valence-electron chi connectivity index (χ4n) is 3.30. The van der Waals surface area contributed by atoms with Gasteiger partial charge in [0.05, 0.1) is 0 Å². The largest absolute Gasteiger partial charge is 0.436 e. The average Bonchev–Trinajstić information content (AvgIpc) is 2.98. The van der Waals surface area contributed by atoms with Gasteiger partial charge in [-0.1, -0.05) is 18.2 Å². The number of likely N-dealkylation sites (N-methyl/N-ethyl adjacent to an activating group) is 1. The summed E-state index contributed by atoms with van der Waals surface area (Å²) < 4.78 is 30.4. The van der Waals surface area contributed by atoms with Gasteiger partial charge in [0.1, 0.15) is 18.8 Å². The maximum Gasteiger partial charge on any atom is 0.436 e. The van der Waals surface area contributed by atoms with Crippen molar-refractivity contribution in [2.45, 2.75) is 12.7 Å². The number of esters is 1. The zero-order valence-corrected chi connectivity index (χ0v) is 16.4. The molecule has 1 saturated heterocycles. The molecule has 1 atom stereocenters. The minimum Gasteiger partial charge on any atom is -0.429 e. The van der Waals surface area contributed by atoms with E-state index in [1.807, 2.05) is 11.9 Å². The van der Waals surface area contributed by atoms with Gasteiger partial charge in [0.2, 0.25) is 6.29 Å². The highest BCUT2D eigenvalue weighted by molar-refractivity contribution is 7.86. The summed E-state index contributed by atoms with van der Waals surface area (Å²) >= 11 is 0. The molecule has 0 spiro atoms. The Bertz CT molecular complexity index is 876. The summed E-state index contributed by atoms with van der Waals surface area (Å²) in [5.74, 6) is -1.08. The van der Waals surface area contributed by atoms with Crippen molar-refractivity contribution in [2.75, 3.05) is 44.3 Å². The zero-order chi connectivity index (χ0) is 20.4. The number of amides is 2. The van der Waals surface area contributed by atoms with Gasteiger partial charge in [0.25, 0.3) is 0 Å². The van der Waals surface area contributed by atoms with E-state index in [4.69, 9.17) is 0 Å². The first kappa shape index (κ1) is 20.5. The van der Waals surface area contributed by atoms with Crippen LogP contribution in [0.2, 0.25) is 0 Å². The number of sulfonamides is 1. The molecule has 2 N–H and O–H groups in total. The van der Waals surface area contributed by atoms with Gasteiger partial charge in [0, 0.05) is 30.4 Å². The Balaban J connectivity index is 1.82. The van der Waals surface area contributed by atoms with E-state index in [9.17, 15) is 23.1 Å². The van der Waals surface area contributed by atoms with Gasteiger partial charge in [-0.05, 0) is 25.6 Å². The summed E-state index contributed by atoms with van der Waals surface area (Å²) in [6, 6.07) is 8.09.